The number of carboxylic acids is 1. The van der Waals surface area contributed by atoms with E-state index in [0.29, 0.717) is 32.1 Å². The van der Waals surface area contributed by atoms with Crippen LogP contribution in [0.5, 0.6) is 5.75 Å². The summed E-state index contributed by atoms with van der Waals surface area (Å²) in [5, 5.41) is 32.2. The second-order valence-corrected chi connectivity index (χ2v) is 10.7. The number of aliphatic hydroxyl groups excluding tert-OH is 1. The monoisotopic (exact) mass is 591 g/mol. The smallest absolute Gasteiger partial charge is 0.321 e. The van der Waals surface area contributed by atoms with Crippen LogP contribution in [-0.2, 0) is 11.2 Å². The molecule has 224 valence electrons. The SMILES string of the molecule is N=C1C(=C(O)c2ccc(F)cc2)C=CCN1c1c(F)cc(OC2CCC(N[C@@H](Cc3ccccc3)C(=O)O)CC2)cc1F. The Morgan fingerprint density at radius 3 is 2.26 bits per heavy atom. The van der Waals surface area contributed by atoms with E-state index >= 15 is 8.78 Å². The first-order chi connectivity index (χ1) is 20.7. The standard InChI is InChI=1S/C33H32F3N3O4/c34-22-10-8-21(9-11-22)31(40)26-7-4-16-39(32(26)37)30-27(35)18-25(19-28(30)36)43-24-14-12-23(13-15-24)38-29(33(41)42)17-20-5-2-1-3-6-20/h1-11,18-19,23-24,29,37-38,40H,12-17H2,(H,41,42)/t23?,24?,29-/m0/s1. The Bertz CT molecular complexity index is 1510. The van der Waals surface area contributed by atoms with E-state index in [1.165, 1.54) is 30.3 Å². The lowest BCUT2D eigenvalue weighted by Gasteiger charge is -2.32. The maximum atomic E-state index is 15.3. The van der Waals surface area contributed by atoms with Gasteiger partial charge in [-0.2, -0.15) is 0 Å². The van der Waals surface area contributed by atoms with E-state index in [4.69, 9.17) is 10.1 Å². The van der Waals surface area contributed by atoms with Crippen molar-refractivity contribution in [2.24, 2.45) is 0 Å². The van der Waals surface area contributed by atoms with Gasteiger partial charge in [-0.15, -0.1) is 0 Å². The van der Waals surface area contributed by atoms with Crippen LogP contribution in [0.4, 0.5) is 18.9 Å². The molecule has 0 bridgehead atoms. The highest BCUT2D eigenvalue weighted by atomic mass is 19.1. The maximum Gasteiger partial charge on any atom is 0.321 e. The normalized spacial score (nSPS) is 20.5. The number of anilines is 1. The van der Waals surface area contributed by atoms with E-state index < -0.39 is 35.2 Å². The van der Waals surface area contributed by atoms with Gasteiger partial charge in [-0.1, -0.05) is 36.4 Å². The third-order valence-electron chi connectivity index (χ3n) is 7.73. The molecular formula is C33H32F3N3O4. The van der Waals surface area contributed by atoms with E-state index in [1.54, 1.807) is 6.08 Å². The van der Waals surface area contributed by atoms with Crippen molar-refractivity contribution in [3.05, 3.63) is 113 Å². The Labute approximate surface area is 247 Å². The van der Waals surface area contributed by atoms with Gasteiger partial charge in [0.1, 0.15) is 34.9 Å². The molecule has 4 N–H and O–H groups in total. The number of carbonyl (C=O) groups is 1. The third kappa shape index (κ3) is 7.09. The molecule has 5 rings (SSSR count). The molecule has 1 aliphatic heterocycles. The van der Waals surface area contributed by atoms with Crippen LogP contribution in [-0.4, -0.2) is 46.8 Å². The molecule has 3 aromatic carbocycles. The minimum Gasteiger partial charge on any atom is -0.507 e. The van der Waals surface area contributed by atoms with Gasteiger partial charge >= 0.3 is 5.97 Å². The first kappa shape index (κ1) is 29.9. The number of ether oxygens (including phenoxy) is 1. The van der Waals surface area contributed by atoms with Crippen LogP contribution in [0.15, 0.2) is 84.5 Å². The number of aliphatic hydroxyl groups is 1. The zero-order chi connectivity index (χ0) is 30.5. The minimum absolute atomic E-state index is 0.00565. The summed E-state index contributed by atoms with van der Waals surface area (Å²) in [7, 11) is 0. The van der Waals surface area contributed by atoms with Crippen molar-refractivity contribution in [2.75, 3.05) is 11.4 Å². The summed E-state index contributed by atoms with van der Waals surface area (Å²) >= 11 is 0. The van der Waals surface area contributed by atoms with Gasteiger partial charge in [-0.25, -0.2) is 13.2 Å². The topological polar surface area (TPSA) is 106 Å². The van der Waals surface area contributed by atoms with Crippen molar-refractivity contribution in [1.29, 1.82) is 5.41 Å². The zero-order valence-electron chi connectivity index (χ0n) is 23.3. The van der Waals surface area contributed by atoms with Gasteiger partial charge in [-0.3, -0.25) is 10.2 Å². The summed E-state index contributed by atoms with van der Waals surface area (Å²) in [5.41, 5.74) is 0.782. The Hall–Kier alpha value is -4.57. The van der Waals surface area contributed by atoms with E-state index in [-0.39, 0.29) is 47.2 Å². The number of amidine groups is 1. The van der Waals surface area contributed by atoms with Crippen molar-refractivity contribution < 1.29 is 32.9 Å². The van der Waals surface area contributed by atoms with Crippen LogP contribution in [0.25, 0.3) is 5.76 Å². The van der Waals surface area contributed by atoms with Gasteiger partial charge in [-0.05, 0) is 68.0 Å². The quantitative estimate of drug-likeness (QED) is 0.215. The fraction of sp³-hybridized carbons (Fsp3) is 0.273. The number of halogens is 3. The lowest BCUT2D eigenvalue weighted by Crippen LogP contribution is -2.46. The molecule has 0 aromatic heterocycles. The van der Waals surface area contributed by atoms with E-state index in [0.717, 1.165) is 22.6 Å². The fourth-order valence-electron chi connectivity index (χ4n) is 5.51. The van der Waals surface area contributed by atoms with Crippen LogP contribution in [0.2, 0.25) is 0 Å². The Morgan fingerprint density at radius 2 is 1.63 bits per heavy atom. The highest BCUT2D eigenvalue weighted by molar-refractivity contribution is 6.14. The highest BCUT2D eigenvalue weighted by Gasteiger charge is 2.29. The average molecular weight is 592 g/mol. The molecule has 0 radical (unpaired) electrons. The van der Waals surface area contributed by atoms with Gasteiger partial charge in [0, 0.05) is 30.3 Å². The maximum absolute atomic E-state index is 15.3. The molecule has 2 aliphatic rings. The molecule has 3 aromatic rings. The molecule has 1 atom stereocenters. The van der Waals surface area contributed by atoms with Crippen molar-refractivity contribution >= 4 is 23.3 Å². The third-order valence-corrected chi connectivity index (χ3v) is 7.73. The molecule has 0 saturated heterocycles. The summed E-state index contributed by atoms with van der Waals surface area (Å²) in [4.78, 5) is 12.9. The summed E-state index contributed by atoms with van der Waals surface area (Å²) in [6.45, 7) is 0.00565. The molecule has 1 aliphatic carbocycles. The molecule has 7 nitrogen and oxygen atoms in total. The summed E-state index contributed by atoms with van der Waals surface area (Å²) in [6.07, 6.45) is 5.58. The number of nitrogens with one attached hydrogen (secondary N) is 2. The summed E-state index contributed by atoms with van der Waals surface area (Å²) in [5.74, 6) is -3.85. The lowest BCUT2D eigenvalue weighted by atomic mass is 9.91. The van der Waals surface area contributed by atoms with Crippen LogP contribution in [0.1, 0.15) is 36.8 Å². The zero-order valence-corrected chi connectivity index (χ0v) is 23.3. The fourth-order valence-corrected chi connectivity index (χ4v) is 5.51. The Kier molecular flexibility index (Phi) is 9.16. The number of hydrogen-bond acceptors (Lipinski definition) is 5. The lowest BCUT2D eigenvalue weighted by molar-refractivity contribution is -0.139. The predicted octanol–water partition coefficient (Wildman–Crippen LogP) is 6.40. The number of aliphatic carboxylic acids is 1. The number of nitrogens with zero attached hydrogens (tertiary/aromatic N) is 1. The van der Waals surface area contributed by atoms with E-state index in [1.807, 2.05) is 30.3 Å². The van der Waals surface area contributed by atoms with Crippen molar-refractivity contribution in [3.8, 4) is 5.75 Å². The van der Waals surface area contributed by atoms with Gasteiger partial charge < -0.3 is 25.2 Å². The minimum atomic E-state index is -0.920. The van der Waals surface area contributed by atoms with Gasteiger partial charge in [0.15, 0.2) is 11.6 Å². The number of benzene rings is 3. The first-order valence-corrected chi connectivity index (χ1v) is 14.1. The van der Waals surface area contributed by atoms with Crippen molar-refractivity contribution in [2.45, 2.75) is 50.3 Å². The van der Waals surface area contributed by atoms with Crippen LogP contribution >= 0.6 is 0 Å². The van der Waals surface area contributed by atoms with E-state index in [9.17, 15) is 19.4 Å². The van der Waals surface area contributed by atoms with Crippen molar-refractivity contribution in [3.63, 3.8) is 0 Å². The van der Waals surface area contributed by atoms with Crippen molar-refractivity contribution in [1.82, 2.24) is 5.32 Å². The van der Waals surface area contributed by atoms with E-state index in [2.05, 4.69) is 5.32 Å². The first-order valence-electron chi connectivity index (χ1n) is 14.1. The van der Waals surface area contributed by atoms with Crippen LogP contribution in [0.3, 0.4) is 0 Å². The predicted molar refractivity (Wildman–Crippen MR) is 158 cm³/mol. The molecular weight excluding hydrogens is 559 g/mol. The van der Waals surface area contributed by atoms with Crippen LogP contribution < -0.4 is 15.0 Å². The second kappa shape index (κ2) is 13.2. The van der Waals surface area contributed by atoms with Gasteiger partial charge in [0.2, 0.25) is 0 Å². The number of hydrogen-bond donors (Lipinski definition) is 4. The number of carboxylic acid groups (broad SMARTS) is 1. The largest absolute Gasteiger partial charge is 0.507 e. The molecule has 43 heavy (non-hydrogen) atoms. The van der Waals surface area contributed by atoms with Gasteiger partial charge in [0.05, 0.1) is 11.7 Å². The van der Waals surface area contributed by atoms with Crippen LogP contribution in [0, 0.1) is 22.9 Å². The molecule has 0 amide bonds. The molecule has 0 spiro atoms. The molecule has 1 heterocycles. The number of rotatable bonds is 9. The molecule has 0 unspecified atom stereocenters. The van der Waals surface area contributed by atoms with Gasteiger partial charge in [0.25, 0.3) is 0 Å². The highest BCUT2D eigenvalue weighted by Crippen LogP contribution is 2.34. The summed E-state index contributed by atoms with van der Waals surface area (Å²) in [6, 6.07) is 15.9. The average Bonchev–Trinajstić information content (AvgIpc) is 2.99. The summed E-state index contributed by atoms with van der Waals surface area (Å²) < 4.78 is 49.8. The Balaban J connectivity index is 1.22. The molecule has 1 fully saturated rings. The molecule has 10 heteroatoms. The second-order valence-electron chi connectivity index (χ2n) is 10.7. The molecule has 1 saturated carbocycles. The Morgan fingerprint density at radius 1 is 0.977 bits per heavy atom.